The van der Waals surface area contributed by atoms with E-state index in [0.717, 1.165) is 16.0 Å². The predicted octanol–water partition coefficient (Wildman–Crippen LogP) is 4.17. The molecule has 3 aromatic carbocycles. The molecule has 0 aliphatic carbocycles. The molecule has 0 unspecified atom stereocenters. The van der Waals surface area contributed by atoms with Gasteiger partial charge in [-0.2, -0.15) is 9.67 Å². The third-order valence-electron chi connectivity index (χ3n) is 5.09. The maximum absolute atomic E-state index is 13.3. The summed E-state index contributed by atoms with van der Waals surface area (Å²) < 4.78 is 11.4. The zero-order valence-corrected chi connectivity index (χ0v) is 18.5. The predicted molar refractivity (Wildman–Crippen MR) is 125 cm³/mol. The fourth-order valence-corrected chi connectivity index (χ4v) is 3.28. The van der Waals surface area contributed by atoms with Crippen LogP contribution in [-0.2, 0) is 6.54 Å². The average molecular weight is 459 g/mol. The summed E-state index contributed by atoms with van der Waals surface area (Å²) in [6.07, 6.45) is 0. The lowest BCUT2D eigenvalue weighted by molar-refractivity contribution is -0.385. The van der Waals surface area contributed by atoms with Gasteiger partial charge in [-0.3, -0.25) is 14.9 Å². The van der Waals surface area contributed by atoms with Crippen molar-refractivity contribution in [1.82, 2.24) is 14.8 Å². The van der Waals surface area contributed by atoms with Gasteiger partial charge in [-0.1, -0.05) is 24.3 Å². The van der Waals surface area contributed by atoms with Crippen molar-refractivity contribution in [3.63, 3.8) is 0 Å². The van der Waals surface area contributed by atoms with Gasteiger partial charge in [0, 0.05) is 18.2 Å². The maximum atomic E-state index is 13.3. The third kappa shape index (κ3) is 4.70. The van der Waals surface area contributed by atoms with Gasteiger partial charge < -0.3 is 14.8 Å². The van der Waals surface area contributed by atoms with Gasteiger partial charge in [0.15, 0.2) is 5.82 Å². The second-order valence-electron chi connectivity index (χ2n) is 7.18. The van der Waals surface area contributed by atoms with E-state index in [2.05, 4.69) is 15.4 Å². The maximum Gasteiger partial charge on any atom is 0.288 e. The fourth-order valence-electron chi connectivity index (χ4n) is 3.28. The first-order valence-corrected chi connectivity index (χ1v) is 10.3. The number of methoxy groups -OCH3 is 2. The molecule has 0 aliphatic rings. The second kappa shape index (κ2) is 9.82. The number of aromatic nitrogens is 3. The summed E-state index contributed by atoms with van der Waals surface area (Å²) in [5.74, 6) is 1.16. The summed E-state index contributed by atoms with van der Waals surface area (Å²) >= 11 is 0. The normalized spacial score (nSPS) is 10.5. The van der Waals surface area contributed by atoms with Crippen molar-refractivity contribution in [2.45, 2.75) is 6.54 Å². The highest BCUT2D eigenvalue weighted by Crippen LogP contribution is 2.24. The molecule has 1 heterocycles. The molecule has 0 atom stereocenters. The van der Waals surface area contributed by atoms with Gasteiger partial charge in [-0.05, 0) is 48.0 Å². The first-order chi connectivity index (χ1) is 16.5. The number of anilines is 1. The number of nitro benzene ring substituents is 1. The van der Waals surface area contributed by atoms with Crippen LogP contribution in [0.2, 0.25) is 0 Å². The number of benzene rings is 3. The SMILES string of the molecule is COc1ccc(CNc2nc(-c3ccc(OC)cc3)nn2C(=O)c2ccccc2[N+](=O)[O-])cc1. The molecule has 4 aromatic rings. The van der Waals surface area contributed by atoms with Crippen LogP contribution in [0, 0.1) is 10.1 Å². The summed E-state index contributed by atoms with van der Waals surface area (Å²) in [6, 6.07) is 20.2. The van der Waals surface area contributed by atoms with Crippen LogP contribution in [-0.4, -0.2) is 39.8 Å². The largest absolute Gasteiger partial charge is 0.497 e. The molecular weight excluding hydrogens is 438 g/mol. The zero-order valence-electron chi connectivity index (χ0n) is 18.5. The number of rotatable bonds is 8. The van der Waals surface area contributed by atoms with Crippen molar-refractivity contribution < 1.29 is 19.2 Å². The Balaban J connectivity index is 1.71. The minimum atomic E-state index is -0.670. The monoisotopic (exact) mass is 459 g/mol. The lowest BCUT2D eigenvalue weighted by Crippen LogP contribution is -2.18. The van der Waals surface area contributed by atoms with E-state index in [1.807, 2.05) is 24.3 Å². The van der Waals surface area contributed by atoms with E-state index < -0.39 is 10.8 Å². The van der Waals surface area contributed by atoms with Crippen LogP contribution in [0.4, 0.5) is 11.6 Å². The quantitative estimate of drug-likeness (QED) is 0.308. The molecule has 34 heavy (non-hydrogen) atoms. The van der Waals surface area contributed by atoms with E-state index in [0.29, 0.717) is 17.9 Å². The van der Waals surface area contributed by atoms with Gasteiger partial charge in [0.1, 0.15) is 17.1 Å². The van der Waals surface area contributed by atoms with Gasteiger partial charge in [0.05, 0.1) is 19.1 Å². The first kappa shape index (κ1) is 22.5. The molecule has 10 heteroatoms. The molecule has 0 amide bonds. The lowest BCUT2D eigenvalue weighted by Gasteiger charge is -2.08. The molecule has 0 aliphatic heterocycles. The number of para-hydroxylation sites is 1. The Morgan fingerprint density at radius 3 is 2.21 bits per heavy atom. The van der Waals surface area contributed by atoms with Crippen molar-refractivity contribution in [2.75, 3.05) is 19.5 Å². The molecule has 1 aromatic heterocycles. The number of nitro groups is 1. The van der Waals surface area contributed by atoms with Crippen LogP contribution in [0.3, 0.4) is 0 Å². The number of nitrogens with one attached hydrogen (secondary N) is 1. The molecule has 1 N–H and O–H groups in total. The first-order valence-electron chi connectivity index (χ1n) is 10.3. The molecule has 4 rings (SSSR count). The van der Waals surface area contributed by atoms with Crippen molar-refractivity contribution in [3.05, 3.63) is 94.0 Å². The molecule has 0 radical (unpaired) electrons. The Hall–Kier alpha value is -4.73. The Kier molecular flexibility index (Phi) is 6.49. The van der Waals surface area contributed by atoms with Crippen LogP contribution < -0.4 is 14.8 Å². The lowest BCUT2D eigenvalue weighted by atomic mass is 10.1. The number of ether oxygens (including phenoxy) is 2. The van der Waals surface area contributed by atoms with E-state index >= 15 is 0 Å². The Morgan fingerprint density at radius 2 is 1.59 bits per heavy atom. The minimum Gasteiger partial charge on any atom is -0.497 e. The van der Waals surface area contributed by atoms with Crippen molar-refractivity contribution in [3.8, 4) is 22.9 Å². The van der Waals surface area contributed by atoms with Crippen LogP contribution in [0.1, 0.15) is 15.9 Å². The average Bonchev–Trinajstić information content (AvgIpc) is 3.31. The van der Waals surface area contributed by atoms with Crippen molar-refractivity contribution in [2.24, 2.45) is 0 Å². The van der Waals surface area contributed by atoms with Gasteiger partial charge in [0.25, 0.3) is 11.6 Å². The van der Waals surface area contributed by atoms with Crippen LogP contribution in [0.25, 0.3) is 11.4 Å². The molecule has 10 nitrogen and oxygen atoms in total. The van der Waals surface area contributed by atoms with Gasteiger partial charge in [-0.25, -0.2) is 0 Å². The highest BCUT2D eigenvalue weighted by molar-refractivity contribution is 6.00. The standard InChI is InChI=1S/C24H21N5O5/c1-33-18-11-7-16(8-12-18)15-25-24-26-22(17-9-13-19(34-2)14-10-17)27-28(24)23(30)20-5-3-4-6-21(20)29(31)32/h3-14H,15H2,1-2H3,(H,25,26,27). The fraction of sp³-hybridized carbons (Fsp3) is 0.125. The number of hydrogen-bond acceptors (Lipinski definition) is 8. The number of hydrogen-bond donors (Lipinski definition) is 1. The smallest absolute Gasteiger partial charge is 0.288 e. The van der Waals surface area contributed by atoms with Gasteiger partial charge in [0.2, 0.25) is 5.95 Å². The van der Waals surface area contributed by atoms with Crippen LogP contribution in [0.5, 0.6) is 11.5 Å². The van der Waals surface area contributed by atoms with E-state index in [1.54, 1.807) is 44.6 Å². The summed E-state index contributed by atoms with van der Waals surface area (Å²) in [7, 11) is 3.15. The van der Waals surface area contributed by atoms with Gasteiger partial charge >= 0.3 is 0 Å². The Morgan fingerprint density at radius 1 is 0.971 bits per heavy atom. The molecule has 0 saturated carbocycles. The van der Waals surface area contributed by atoms with Crippen molar-refractivity contribution in [1.29, 1.82) is 0 Å². The highest BCUT2D eigenvalue weighted by atomic mass is 16.6. The van der Waals surface area contributed by atoms with E-state index in [-0.39, 0.29) is 23.0 Å². The number of carbonyl (C=O) groups is 1. The van der Waals surface area contributed by atoms with Crippen molar-refractivity contribution >= 4 is 17.5 Å². The molecule has 0 saturated heterocycles. The van der Waals surface area contributed by atoms with Gasteiger partial charge in [-0.15, -0.1) is 5.10 Å². The van der Waals surface area contributed by atoms with E-state index in [9.17, 15) is 14.9 Å². The summed E-state index contributed by atoms with van der Waals surface area (Å²) in [6.45, 7) is 0.342. The second-order valence-corrected chi connectivity index (χ2v) is 7.18. The van der Waals surface area contributed by atoms with E-state index in [4.69, 9.17) is 9.47 Å². The van der Waals surface area contributed by atoms with E-state index in [1.165, 1.54) is 18.2 Å². The number of carbonyl (C=O) groups excluding carboxylic acids is 1. The summed E-state index contributed by atoms with van der Waals surface area (Å²) in [5.41, 5.74) is 1.17. The Labute approximate surface area is 194 Å². The Bertz CT molecular complexity index is 1320. The zero-order chi connectivity index (χ0) is 24.1. The number of nitrogens with zero attached hydrogens (tertiary/aromatic N) is 4. The highest BCUT2D eigenvalue weighted by Gasteiger charge is 2.25. The molecule has 0 spiro atoms. The molecule has 0 fully saturated rings. The third-order valence-corrected chi connectivity index (χ3v) is 5.09. The summed E-state index contributed by atoms with van der Waals surface area (Å²) in [5, 5.41) is 18.9. The van der Waals surface area contributed by atoms with Crippen LogP contribution in [0.15, 0.2) is 72.8 Å². The molecular formula is C24H21N5O5. The molecule has 0 bridgehead atoms. The van der Waals surface area contributed by atoms with Crippen LogP contribution >= 0.6 is 0 Å². The minimum absolute atomic E-state index is 0.0915. The molecule has 172 valence electrons. The summed E-state index contributed by atoms with van der Waals surface area (Å²) in [4.78, 5) is 28.7. The topological polar surface area (TPSA) is 121 Å².